The van der Waals surface area contributed by atoms with E-state index in [1.54, 1.807) is 13.1 Å². The van der Waals surface area contributed by atoms with Crippen LogP contribution in [0, 0.1) is 20.8 Å². The average Bonchev–Trinajstić information content (AvgIpc) is 3.22. The first-order chi connectivity index (χ1) is 15.0. The zero-order valence-electron chi connectivity index (χ0n) is 17.8. The monoisotopic (exact) mass is 412 g/mol. The minimum Gasteiger partial charge on any atom is -0.421 e. The normalized spacial score (nSPS) is 12.7. The Bertz CT molecular complexity index is 1210. The van der Waals surface area contributed by atoms with Crippen molar-refractivity contribution in [2.24, 2.45) is 5.16 Å². The molecule has 0 radical (unpaired) electrons. The van der Waals surface area contributed by atoms with Crippen LogP contribution in [0.4, 0.5) is 0 Å². The SMILES string of the molecule is Cc1cc(C(CC(c2ccc(-c3nnc(C)o3)cc2)c2ccccc2C)=NO)ccn1. The highest BCUT2D eigenvalue weighted by molar-refractivity contribution is 6.01. The molecule has 6 nitrogen and oxygen atoms in total. The maximum Gasteiger partial charge on any atom is 0.247 e. The molecule has 0 aliphatic rings. The molecule has 2 aromatic carbocycles. The van der Waals surface area contributed by atoms with Crippen LogP contribution in [0.5, 0.6) is 0 Å². The Kier molecular flexibility index (Phi) is 5.89. The molecular formula is C25H24N4O2. The Hall–Kier alpha value is -3.80. The molecule has 0 aliphatic carbocycles. The summed E-state index contributed by atoms with van der Waals surface area (Å²) in [4.78, 5) is 4.25. The third-order valence-corrected chi connectivity index (χ3v) is 5.40. The van der Waals surface area contributed by atoms with E-state index >= 15 is 0 Å². The highest BCUT2D eigenvalue weighted by Gasteiger charge is 2.21. The molecule has 2 heterocycles. The van der Waals surface area contributed by atoms with E-state index < -0.39 is 0 Å². The summed E-state index contributed by atoms with van der Waals surface area (Å²) in [5.41, 5.74) is 6.73. The van der Waals surface area contributed by atoms with Crippen LogP contribution in [0.1, 0.15) is 46.2 Å². The third kappa shape index (κ3) is 4.53. The van der Waals surface area contributed by atoms with E-state index in [1.807, 2.05) is 43.3 Å². The van der Waals surface area contributed by atoms with Gasteiger partial charge in [0.15, 0.2) is 0 Å². The molecular weight excluding hydrogens is 388 g/mol. The molecule has 0 amide bonds. The van der Waals surface area contributed by atoms with Crippen molar-refractivity contribution in [3.8, 4) is 11.5 Å². The van der Waals surface area contributed by atoms with Crippen LogP contribution in [0.15, 0.2) is 76.4 Å². The van der Waals surface area contributed by atoms with Crippen molar-refractivity contribution < 1.29 is 9.62 Å². The van der Waals surface area contributed by atoms with Crippen LogP contribution in [-0.2, 0) is 0 Å². The second-order valence-electron chi connectivity index (χ2n) is 7.59. The number of rotatable bonds is 6. The molecule has 2 aromatic heterocycles. The summed E-state index contributed by atoms with van der Waals surface area (Å²) in [5, 5.41) is 21.5. The van der Waals surface area contributed by atoms with Gasteiger partial charge in [0, 0.05) is 42.3 Å². The lowest BCUT2D eigenvalue weighted by Gasteiger charge is -2.21. The summed E-state index contributed by atoms with van der Waals surface area (Å²) < 4.78 is 5.54. The molecule has 0 spiro atoms. The van der Waals surface area contributed by atoms with Gasteiger partial charge in [-0.15, -0.1) is 10.2 Å². The fourth-order valence-electron chi connectivity index (χ4n) is 3.79. The zero-order valence-corrected chi connectivity index (χ0v) is 17.8. The average molecular weight is 412 g/mol. The van der Waals surface area contributed by atoms with Gasteiger partial charge in [-0.2, -0.15) is 0 Å². The maximum atomic E-state index is 9.82. The Balaban J connectivity index is 1.72. The highest BCUT2D eigenvalue weighted by Crippen LogP contribution is 2.33. The van der Waals surface area contributed by atoms with Gasteiger partial charge in [0.25, 0.3) is 0 Å². The van der Waals surface area contributed by atoms with Crippen LogP contribution < -0.4 is 0 Å². The van der Waals surface area contributed by atoms with Crippen molar-refractivity contribution in [2.45, 2.75) is 33.1 Å². The minimum atomic E-state index is 0.0130. The molecule has 0 aliphatic heterocycles. The molecule has 1 N–H and O–H groups in total. The van der Waals surface area contributed by atoms with Crippen LogP contribution in [0.3, 0.4) is 0 Å². The summed E-state index contributed by atoms with van der Waals surface area (Å²) in [5.74, 6) is 1.05. The summed E-state index contributed by atoms with van der Waals surface area (Å²) in [6.07, 6.45) is 2.28. The molecule has 1 atom stereocenters. The zero-order chi connectivity index (χ0) is 21.8. The van der Waals surface area contributed by atoms with E-state index in [0.29, 0.717) is 23.9 Å². The van der Waals surface area contributed by atoms with E-state index in [4.69, 9.17) is 4.42 Å². The van der Waals surface area contributed by atoms with Crippen molar-refractivity contribution in [2.75, 3.05) is 0 Å². The molecule has 4 rings (SSSR count). The van der Waals surface area contributed by atoms with E-state index in [-0.39, 0.29) is 5.92 Å². The molecule has 1 unspecified atom stereocenters. The van der Waals surface area contributed by atoms with Crippen molar-refractivity contribution >= 4 is 5.71 Å². The minimum absolute atomic E-state index is 0.0130. The summed E-state index contributed by atoms with van der Waals surface area (Å²) >= 11 is 0. The summed E-state index contributed by atoms with van der Waals surface area (Å²) in [7, 11) is 0. The van der Waals surface area contributed by atoms with Gasteiger partial charge in [-0.25, -0.2) is 0 Å². The van der Waals surface area contributed by atoms with Crippen molar-refractivity contribution in [3.63, 3.8) is 0 Å². The molecule has 31 heavy (non-hydrogen) atoms. The number of oxime groups is 1. The van der Waals surface area contributed by atoms with Gasteiger partial charge in [0.1, 0.15) is 0 Å². The lowest BCUT2D eigenvalue weighted by atomic mass is 9.83. The second-order valence-corrected chi connectivity index (χ2v) is 7.59. The first kappa shape index (κ1) is 20.5. The van der Waals surface area contributed by atoms with Crippen LogP contribution in [0.2, 0.25) is 0 Å². The Morgan fingerprint density at radius 2 is 1.77 bits per heavy atom. The number of pyridine rings is 1. The Morgan fingerprint density at radius 1 is 1.00 bits per heavy atom. The van der Waals surface area contributed by atoms with Crippen molar-refractivity contribution in [3.05, 3.63) is 101 Å². The lowest BCUT2D eigenvalue weighted by molar-refractivity contribution is 0.317. The molecule has 6 heteroatoms. The largest absolute Gasteiger partial charge is 0.421 e. The lowest BCUT2D eigenvalue weighted by Crippen LogP contribution is -2.12. The predicted octanol–water partition coefficient (Wildman–Crippen LogP) is 5.46. The number of hydrogen-bond acceptors (Lipinski definition) is 6. The molecule has 0 saturated carbocycles. The standard InChI is InChI=1S/C25H24N4O2/c1-16-6-4-5-7-22(16)23(15-24(29-30)21-12-13-26-17(2)14-21)19-8-10-20(11-9-19)25-28-27-18(3)31-25/h4-14,23,30H,15H2,1-3H3. The maximum absolute atomic E-state index is 9.82. The van der Waals surface area contributed by atoms with Crippen LogP contribution >= 0.6 is 0 Å². The molecule has 0 fully saturated rings. The van der Waals surface area contributed by atoms with Gasteiger partial charge in [-0.1, -0.05) is 41.6 Å². The van der Waals surface area contributed by atoms with Gasteiger partial charge < -0.3 is 9.62 Å². The predicted molar refractivity (Wildman–Crippen MR) is 119 cm³/mol. The number of aromatic nitrogens is 3. The fraction of sp³-hybridized carbons (Fsp3) is 0.200. The first-order valence-corrected chi connectivity index (χ1v) is 10.1. The molecule has 0 bridgehead atoms. The summed E-state index contributed by atoms with van der Waals surface area (Å²) in [6, 6.07) is 20.2. The van der Waals surface area contributed by atoms with Crippen LogP contribution in [-0.4, -0.2) is 26.1 Å². The quantitative estimate of drug-likeness (QED) is 0.258. The topological polar surface area (TPSA) is 84.4 Å². The number of hydrogen-bond donors (Lipinski definition) is 1. The summed E-state index contributed by atoms with van der Waals surface area (Å²) in [6.45, 7) is 5.80. The van der Waals surface area contributed by atoms with E-state index in [0.717, 1.165) is 22.4 Å². The second kappa shape index (κ2) is 8.92. The van der Waals surface area contributed by atoms with Gasteiger partial charge in [0.05, 0.1) is 5.71 Å². The van der Waals surface area contributed by atoms with Crippen molar-refractivity contribution in [1.82, 2.24) is 15.2 Å². The Labute approximate surface area is 181 Å². The van der Waals surface area contributed by atoms with Gasteiger partial charge >= 0.3 is 0 Å². The van der Waals surface area contributed by atoms with Crippen molar-refractivity contribution in [1.29, 1.82) is 0 Å². The van der Waals surface area contributed by atoms with Crippen LogP contribution in [0.25, 0.3) is 11.5 Å². The molecule has 0 saturated heterocycles. The fourth-order valence-corrected chi connectivity index (χ4v) is 3.79. The van der Waals surface area contributed by atoms with E-state index in [2.05, 4.69) is 51.5 Å². The van der Waals surface area contributed by atoms with E-state index in [1.165, 1.54) is 11.1 Å². The number of aryl methyl sites for hydroxylation is 3. The third-order valence-electron chi connectivity index (χ3n) is 5.40. The smallest absolute Gasteiger partial charge is 0.247 e. The number of benzene rings is 2. The van der Waals surface area contributed by atoms with Gasteiger partial charge in [0.2, 0.25) is 11.8 Å². The molecule has 156 valence electrons. The van der Waals surface area contributed by atoms with Gasteiger partial charge in [-0.05, 0) is 54.8 Å². The van der Waals surface area contributed by atoms with Gasteiger partial charge in [-0.3, -0.25) is 4.98 Å². The van der Waals surface area contributed by atoms with E-state index in [9.17, 15) is 5.21 Å². The number of nitrogens with zero attached hydrogens (tertiary/aromatic N) is 4. The molecule has 4 aromatic rings. The Morgan fingerprint density at radius 3 is 2.42 bits per heavy atom. The first-order valence-electron chi connectivity index (χ1n) is 10.1. The highest BCUT2D eigenvalue weighted by atomic mass is 16.4.